The SMILES string of the molecule is CCNC(=NCCCOC1CCOC1)NCCc1ccc(OC)c(OC)c1. The number of nitrogens with one attached hydrogen (secondary N) is 2. The minimum absolute atomic E-state index is 0.266. The van der Waals surface area contributed by atoms with Crippen LogP contribution >= 0.6 is 0 Å². The van der Waals surface area contributed by atoms with Crippen molar-refractivity contribution >= 4 is 5.96 Å². The molecule has 1 aliphatic heterocycles. The fraction of sp³-hybridized carbons (Fsp3) is 0.650. The van der Waals surface area contributed by atoms with Crippen LogP contribution in [0.15, 0.2) is 23.2 Å². The Hall–Kier alpha value is -1.99. The van der Waals surface area contributed by atoms with Crippen LogP contribution in [0.2, 0.25) is 0 Å². The van der Waals surface area contributed by atoms with Crippen molar-refractivity contribution in [1.29, 1.82) is 0 Å². The van der Waals surface area contributed by atoms with Gasteiger partial charge in [-0.1, -0.05) is 6.07 Å². The Kier molecular flexibility index (Phi) is 9.79. The predicted octanol–water partition coefficient (Wildman–Crippen LogP) is 2.00. The molecule has 7 heteroatoms. The third-order valence-corrected chi connectivity index (χ3v) is 4.31. The highest BCUT2D eigenvalue weighted by molar-refractivity contribution is 5.79. The summed E-state index contributed by atoms with van der Waals surface area (Å²) in [6.45, 7) is 6.69. The monoisotopic (exact) mass is 379 g/mol. The van der Waals surface area contributed by atoms with Crippen LogP contribution < -0.4 is 20.1 Å². The van der Waals surface area contributed by atoms with Gasteiger partial charge in [-0.05, 0) is 43.9 Å². The lowest BCUT2D eigenvalue weighted by molar-refractivity contribution is 0.0424. The molecule has 1 unspecified atom stereocenters. The van der Waals surface area contributed by atoms with Gasteiger partial charge in [0.1, 0.15) is 0 Å². The van der Waals surface area contributed by atoms with Gasteiger partial charge >= 0.3 is 0 Å². The maximum Gasteiger partial charge on any atom is 0.191 e. The van der Waals surface area contributed by atoms with E-state index in [-0.39, 0.29) is 6.10 Å². The van der Waals surface area contributed by atoms with Crippen LogP contribution in [0.1, 0.15) is 25.3 Å². The van der Waals surface area contributed by atoms with Crippen molar-refractivity contribution in [3.05, 3.63) is 23.8 Å². The van der Waals surface area contributed by atoms with E-state index < -0.39 is 0 Å². The van der Waals surface area contributed by atoms with Crippen molar-refractivity contribution in [2.24, 2.45) is 4.99 Å². The van der Waals surface area contributed by atoms with Gasteiger partial charge in [-0.15, -0.1) is 0 Å². The maximum atomic E-state index is 5.77. The summed E-state index contributed by atoms with van der Waals surface area (Å²) >= 11 is 0. The molecule has 1 aliphatic rings. The lowest BCUT2D eigenvalue weighted by atomic mass is 10.1. The van der Waals surface area contributed by atoms with Gasteiger partial charge in [0.2, 0.25) is 0 Å². The molecule has 152 valence electrons. The number of ether oxygens (including phenoxy) is 4. The molecule has 1 aromatic rings. The Morgan fingerprint density at radius 3 is 2.78 bits per heavy atom. The average Bonchev–Trinajstić information content (AvgIpc) is 3.21. The largest absolute Gasteiger partial charge is 0.493 e. The number of methoxy groups -OCH3 is 2. The van der Waals surface area contributed by atoms with Gasteiger partial charge in [0.15, 0.2) is 17.5 Å². The molecule has 0 aliphatic carbocycles. The van der Waals surface area contributed by atoms with Gasteiger partial charge in [0, 0.05) is 32.8 Å². The molecule has 2 N–H and O–H groups in total. The Morgan fingerprint density at radius 2 is 2.07 bits per heavy atom. The van der Waals surface area contributed by atoms with Crippen LogP contribution in [0.5, 0.6) is 11.5 Å². The van der Waals surface area contributed by atoms with Crippen LogP contribution in [0.3, 0.4) is 0 Å². The Labute approximate surface area is 162 Å². The van der Waals surface area contributed by atoms with Gasteiger partial charge < -0.3 is 29.6 Å². The zero-order valence-corrected chi connectivity index (χ0v) is 16.8. The van der Waals surface area contributed by atoms with Crippen molar-refractivity contribution in [3.8, 4) is 11.5 Å². The fourth-order valence-corrected chi connectivity index (χ4v) is 2.85. The average molecular weight is 380 g/mol. The summed E-state index contributed by atoms with van der Waals surface area (Å²) in [7, 11) is 3.30. The standard InChI is InChI=1S/C20H33N3O4/c1-4-21-20(22-10-5-12-27-17-9-13-26-15-17)23-11-8-16-6-7-18(24-2)19(14-16)25-3/h6-7,14,17H,4-5,8-13,15H2,1-3H3,(H2,21,22,23). The fourth-order valence-electron chi connectivity index (χ4n) is 2.85. The normalized spacial score (nSPS) is 17.0. The first-order chi connectivity index (χ1) is 13.3. The molecule has 0 aromatic heterocycles. The molecular weight excluding hydrogens is 346 g/mol. The second kappa shape index (κ2) is 12.4. The van der Waals surface area contributed by atoms with Crippen molar-refractivity contribution < 1.29 is 18.9 Å². The first-order valence-electron chi connectivity index (χ1n) is 9.69. The molecule has 0 saturated carbocycles. The van der Waals surface area contributed by atoms with Crippen molar-refractivity contribution in [2.45, 2.75) is 32.3 Å². The van der Waals surface area contributed by atoms with Gasteiger partial charge in [0.25, 0.3) is 0 Å². The van der Waals surface area contributed by atoms with E-state index in [0.29, 0.717) is 0 Å². The molecule has 0 bridgehead atoms. The molecule has 27 heavy (non-hydrogen) atoms. The molecule has 0 spiro atoms. The van der Waals surface area contributed by atoms with E-state index in [2.05, 4.69) is 28.6 Å². The van der Waals surface area contributed by atoms with Gasteiger partial charge in [-0.25, -0.2) is 0 Å². The van der Waals surface area contributed by atoms with E-state index in [1.165, 1.54) is 5.56 Å². The summed E-state index contributed by atoms with van der Waals surface area (Å²) in [5.74, 6) is 2.33. The molecule has 1 aromatic carbocycles. The summed E-state index contributed by atoms with van der Waals surface area (Å²) in [6.07, 6.45) is 3.05. The van der Waals surface area contributed by atoms with Crippen molar-refractivity contribution in [2.75, 3.05) is 53.7 Å². The summed E-state index contributed by atoms with van der Waals surface area (Å²) in [6, 6.07) is 5.99. The molecule has 0 radical (unpaired) electrons. The van der Waals surface area contributed by atoms with Crippen LogP contribution in [0.4, 0.5) is 0 Å². The Balaban J connectivity index is 1.71. The minimum atomic E-state index is 0.266. The number of guanidine groups is 1. The van der Waals surface area contributed by atoms with E-state index in [0.717, 1.165) is 76.2 Å². The first kappa shape index (κ1) is 21.3. The molecule has 1 heterocycles. The van der Waals surface area contributed by atoms with E-state index in [4.69, 9.17) is 18.9 Å². The Bertz CT molecular complexity index is 574. The molecule has 7 nitrogen and oxygen atoms in total. The molecule has 1 atom stereocenters. The third kappa shape index (κ3) is 7.64. The zero-order valence-electron chi connectivity index (χ0n) is 16.8. The summed E-state index contributed by atoms with van der Waals surface area (Å²) in [5, 5.41) is 6.65. The molecule has 1 saturated heterocycles. The number of hydrogen-bond donors (Lipinski definition) is 2. The van der Waals surface area contributed by atoms with Crippen LogP contribution in [0, 0.1) is 0 Å². The maximum absolute atomic E-state index is 5.77. The number of benzene rings is 1. The van der Waals surface area contributed by atoms with E-state index >= 15 is 0 Å². The number of aliphatic imine (C=N–C) groups is 1. The summed E-state index contributed by atoms with van der Waals surface area (Å²) < 4.78 is 21.7. The highest BCUT2D eigenvalue weighted by atomic mass is 16.5. The van der Waals surface area contributed by atoms with E-state index in [1.54, 1.807) is 14.2 Å². The van der Waals surface area contributed by atoms with Crippen molar-refractivity contribution in [1.82, 2.24) is 10.6 Å². The van der Waals surface area contributed by atoms with Crippen LogP contribution in [0.25, 0.3) is 0 Å². The van der Waals surface area contributed by atoms with Gasteiger partial charge in [-0.2, -0.15) is 0 Å². The second-order valence-electron chi connectivity index (χ2n) is 6.34. The lowest BCUT2D eigenvalue weighted by Crippen LogP contribution is -2.38. The number of nitrogens with zero attached hydrogens (tertiary/aromatic N) is 1. The van der Waals surface area contributed by atoms with Crippen molar-refractivity contribution in [3.63, 3.8) is 0 Å². The smallest absolute Gasteiger partial charge is 0.191 e. The molecule has 0 amide bonds. The summed E-state index contributed by atoms with van der Waals surface area (Å²) in [5.41, 5.74) is 1.18. The number of rotatable bonds is 11. The van der Waals surface area contributed by atoms with Crippen LogP contribution in [-0.2, 0) is 15.9 Å². The molecular formula is C20H33N3O4. The predicted molar refractivity (Wildman–Crippen MR) is 107 cm³/mol. The van der Waals surface area contributed by atoms with E-state index in [1.807, 2.05) is 12.1 Å². The molecule has 1 fully saturated rings. The molecule has 2 rings (SSSR count). The third-order valence-electron chi connectivity index (χ3n) is 4.31. The first-order valence-corrected chi connectivity index (χ1v) is 9.69. The quantitative estimate of drug-likeness (QED) is 0.348. The van der Waals surface area contributed by atoms with E-state index in [9.17, 15) is 0 Å². The summed E-state index contributed by atoms with van der Waals surface area (Å²) in [4.78, 5) is 4.61. The lowest BCUT2D eigenvalue weighted by Gasteiger charge is -2.13. The highest BCUT2D eigenvalue weighted by Gasteiger charge is 2.15. The highest BCUT2D eigenvalue weighted by Crippen LogP contribution is 2.27. The minimum Gasteiger partial charge on any atom is -0.493 e. The topological polar surface area (TPSA) is 73.3 Å². The number of hydrogen-bond acceptors (Lipinski definition) is 5. The second-order valence-corrected chi connectivity index (χ2v) is 6.34. The van der Waals surface area contributed by atoms with Gasteiger partial charge in [-0.3, -0.25) is 4.99 Å². The zero-order chi connectivity index (χ0) is 19.3. The Morgan fingerprint density at radius 1 is 1.22 bits per heavy atom. The van der Waals surface area contributed by atoms with Crippen LogP contribution in [-0.4, -0.2) is 65.7 Å². The van der Waals surface area contributed by atoms with Gasteiger partial charge in [0.05, 0.1) is 26.9 Å².